The molecule has 1 amide bonds. The highest BCUT2D eigenvalue weighted by Gasteiger charge is 2.46. The van der Waals surface area contributed by atoms with Gasteiger partial charge in [-0.2, -0.15) is 4.31 Å². The smallest absolute Gasteiger partial charge is 0.222 e. The van der Waals surface area contributed by atoms with E-state index in [9.17, 15) is 13.2 Å². The third-order valence-electron chi connectivity index (χ3n) is 7.37. The summed E-state index contributed by atoms with van der Waals surface area (Å²) in [6.07, 6.45) is 14.2. The van der Waals surface area contributed by atoms with Crippen molar-refractivity contribution in [3.05, 3.63) is 0 Å². The molecule has 3 heterocycles. The summed E-state index contributed by atoms with van der Waals surface area (Å²) in [6, 6.07) is 0.242. The second-order valence-corrected chi connectivity index (χ2v) is 11.4. The Morgan fingerprint density at radius 2 is 1.50 bits per heavy atom. The van der Waals surface area contributed by atoms with Gasteiger partial charge in [-0.15, -0.1) is 0 Å². The Bertz CT molecular complexity index is 639. The SMILES string of the molecule is CS(=O)(=O)N1[C@@H]2CC[C@H]1CC(OC1CCN(C(=O)CC3CCCCC3)CC1)C2. The predicted molar refractivity (Wildman–Crippen MR) is 108 cm³/mol. The van der Waals surface area contributed by atoms with Crippen LogP contribution in [0.1, 0.15) is 77.0 Å². The van der Waals surface area contributed by atoms with Crippen molar-refractivity contribution in [2.45, 2.75) is 101 Å². The van der Waals surface area contributed by atoms with E-state index in [1.807, 2.05) is 4.90 Å². The van der Waals surface area contributed by atoms with Gasteiger partial charge >= 0.3 is 0 Å². The van der Waals surface area contributed by atoms with Crippen LogP contribution in [0.2, 0.25) is 0 Å². The molecule has 3 saturated heterocycles. The molecule has 28 heavy (non-hydrogen) atoms. The molecule has 0 aromatic heterocycles. The van der Waals surface area contributed by atoms with Crippen LogP contribution in [0.5, 0.6) is 0 Å². The van der Waals surface area contributed by atoms with Gasteiger partial charge in [0.15, 0.2) is 0 Å². The average molecular weight is 413 g/mol. The molecule has 160 valence electrons. The lowest BCUT2D eigenvalue weighted by Gasteiger charge is -2.40. The van der Waals surface area contributed by atoms with Crippen LogP contribution in [0.3, 0.4) is 0 Å². The molecule has 4 aliphatic rings. The summed E-state index contributed by atoms with van der Waals surface area (Å²) in [4.78, 5) is 14.7. The van der Waals surface area contributed by atoms with Crippen molar-refractivity contribution in [1.29, 1.82) is 0 Å². The third kappa shape index (κ3) is 4.73. The molecule has 2 bridgehead atoms. The topological polar surface area (TPSA) is 66.9 Å². The van der Waals surface area contributed by atoms with Crippen LogP contribution in [-0.4, -0.2) is 67.2 Å². The lowest BCUT2D eigenvalue weighted by Crippen LogP contribution is -2.49. The van der Waals surface area contributed by atoms with Gasteiger partial charge in [-0.25, -0.2) is 8.42 Å². The molecule has 4 fully saturated rings. The highest BCUT2D eigenvalue weighted by atomic mass is 32.2. The average Bonchev–Trinajstić information content (AvgIpc) is 2.95. The maximum Gasteiger partial charge on any atom is 0.222 e. The van der Waals surface area contributed by atoms with Crippen molar-refractivity contribution in [3.63, 3.8) is 0 Å². The van der Waals surface area contributed by atoms with Crippen LogP contribution >= 0.6 is 0 Å². The molecule has 0 aromatic rings. The number of carbonyl (C=O) groups excluding carboxylic acids is 1. The molecule has 6 nitrogen and oxygen atoms in total. The first-order valence-corrected chi connectivity index (χ1v) is 13.2. The van der Waals surface area contributed by atoms with E-state index in [4.69, 9.17) is 4.74 Å². The van der Waals surface area contributed by atoms with E-state index in [0.29, 0.717) is 11.8 Å². The fourth-order valence-electron chi connectivity index (χ4n) is 6.02. The van der Waals surface area contributed by atoms with Crippen LogP contribution in [0.15, 0.2) is 0 Å². The quantitative estimate of drug-likeness (QED) is 0.696. The fourth-order valence-corrected chi connectivity index (χ4v) is 7.48. The Hall–Kier alpha value is -0.660. The molecule has 1 aliphatic carbocycles. The molecule has 0 aromatic carbocycles. The third-order valence-corrected chi connectivity index (χ3v) is 8.74. The number of nitrogens with zero attached hydrogens (tertiary/aromatic N) is 2. The molecule has 1 unspecified atom stereocenters. The van der Waals surface area contributed by atoms with E-state index in [1.54, 1.807) is 4.31 Å². The Morgan fingerprint density at radius 1 is 0.893 bits per heavy atom. The number of ether oxygens (including phenoxy) is 1. The van der Waals surface area contributed by atoms with Gasteiger partial charge in [0.2, 0.25) is 15.9 Å². The number of fused-ring (bicyclic) bond motifs is 2. The van der Waals surface area contributed by atoms with Gasteiger partial charge in [-0.1, -0.05) is 19.3 Å². The van der Waals surface area contributed by atoms with Crippen LogP contribution in [0.25, 0.3) is 0 Å². The van der Waals surface area contributed by atoms with Crippen LogP contribution in [0.4, 0.5) is 0 Å². The molecule has 0 N–H and O–H groups in total. The minimum atomic E-state index is -3.11. The number of likely N-dealkylation sites (tertiary alicyclic amines) is 1. The second kappa shape index (κ2) is 8.60. The lowest BCUT2D eigenvalue weighted by molar-refractivity contribution is -0.136. The second-order valence-electron chi connectivity index (χ2n) is 9.50. The Kier molecular flexibility index (Phi) is 6.33. The van der Waals surface area contributed by atoms with E-state index >= 15 is 0 Å². The first-order chi connectivity index (χ1) is 13.4. The highest BCUT2D eigenvalue weighted by molar-refractivity contribution is 7.88. The summed E-state index contributed by atoms with van der Waals surface area (Å²) in [6.45, 7) is 1.62. The maximum absolute atomic E-state index is 12.6. The number of hydrogen-bond donors (Lipinski definition) is 0. The minimum Gasteiger partial charge on any atom is -0.375 e. The van der Waals surface area contributed by atoms with E-state index in [1.165, 1.54) is 38.4 Å². The molecular weight excluding hydrogens is 376 g/mol. The first-order valence-electron chi connectivity index (χ1n) is 11.3. The molecule has 4 rings (SSSR count). The monoisotopic (exact) mass is 412 g/mol. The van der Waals surface area contributed by atoms with E-state index < -0.39 is 10.0 Å². The lowest BCUT2D eigenvalue weighted by atomic mass is 9.86. The van der Waals surface area contributed by atoms with Gasteiger partial charge in [0.1, 0.15) is 0 Å². The summed E-state index contributed by atoms with van der Waals surface area (Å²) < 4.78 is 32.2. The normalized spacial score (nSPS) is 33.3. The number of amides is 1. The summed E-state index contributed by atoms with van der Waals surface area (Å²) in [5.74, 6) is 0.940. The summed E-state index contributed by atoms with van der Waals surface area (Å²) in [5, 5.41) is 0. The first kappa shape index (κ1) is 20.6. The van der Waals surface area contributed by atoms with Crippen molar-refractivity contribution in [1.82, 2.24) is 9.21 Å². The molecule has 3 aliphatic heterocycles. The number of sulfonamides is 1. The highest BCUT2D eigenvalue weighted by Crippen LogP contribution is 2.39. The number of hydrogen-bond acceptors (Lipinski definition) is 4. The van der Waals surface area contributed by atoms with Gasteiger partial charge < -0.3 is 9.64 Å². The molecule has 0 radical (unpaired) electrons. The summed E-state index contributed by atoms with van der Waals surface area (Å²) in [5.41, 5.74) is 0. The minimum absolute atomic E-state index is 0.121. The van der Waals surface area contributed by atoms with Crippen LogP contribution in [-0.2, 0) is 19.6 Å². The van der Waals surface area contributed by atoms with E-state index in [-0.39, 0.29) is 24.3 Å². The summed E-state index contributed by atoms with van der Waals surface area (Å²) >= 11 is 0. The number of piperidine rings is 2. The number of carbonyl (C=O) groups is 1. The zero-order valence-corrected chi connectivity index (χ0v) is 18.0. The molecule has 1 saturated carbocycles. The van der Waals surface area contributed by atoms with Crippen molar-refractivity contribution in [2.24, 2.45) is 5.92 Å². The standard InChI is InChI=1S/C21H36N2O4S/c1-28(25,26)23-17-7-8-18(23)15-20(14-17)27-19-9-11-22(12-10-19)21(24)13-16-5-3-2-4-6-16/h16-20H,2-15H2,1H3/t17-,18+,20?. The summed E-state index contributed by atoms with van der Waals surface area (Å²) in [7, 11) is -3.11. The van der Waals surface area contributed by atoms with Gasteiger partial charge in [0.05, 0.1) is 18.5 Å². The Balaban J connectivity index is 1.21. The maximum atomic E-state index is 12.6. The van der Waals surface area contributed by atoms with Crippen molar-refractivity contribution in [2.75, 3.05) is 19.3 Å². The van der Waals surface area contributed by atoms with Crippen molar-refractivity contribution < 1.29 is 17.9 Å². The van der Waals surface area contributed by atoms with E-state index in [2.05, 4.69) is 0 Å². The van der Waals surface area contributed by atoms with Gasteiger partial charge in [0, 0.05) is 31.6 Å². The van der Waals surface area contributed by atoms with Crippen LogP contribution in [0, 0.1) is 5.92 Å². The largest absolute Gasteiger partial charge is 0.375 e. The molecule has 7 heteroatoms. The molecule has 3 atom stereocenters. The van der Waals surface area contributed by atoms with Gasteiger partial charge in [-0.3, -0.25) is 4.79 Å². The molecule has 0 spiro atoms. The number of rotatable bonds is 5. The zero-order chi connectivity index (χ0) is 19.7. The van der Waals surface area contributed by atoms with E-state index in [0.717, 1.165) is 58.0 Å². The van der Waals surface area contributed by atoms with Crippen LogP contribution < -0.4 is 0 Å². The van der Waals surface area contributed by atoms with Crippen molar-refractivity contribution >= 4 is 15.9 Å². The predicted octanol–water partition coefficient (Wildman–Crippen LogP) is 2.92. The fraction of sp³-hybridized carbons (Fsp3) is 0.952. The Labute approximate surface area is 170 Å². The van der Waals surface area contributed by atoms with Crippen molar-refractivity contribution in [3.8, 4) is 0 Å². The zero-order valence-electron chi connectivity index (χ0n) is 17.2. The molecular formula is C21H36N2O4S. The van der Waals surface area contributed by atoms with Gasteiger partial charge in [0.25, 0.3) is 0 Å². The van der Waals surface area contributed by atoms with Gasteiger partial charge in [-0.05, 0) is 57.3 Å². The Morgan fingerprint density at radius 3 is 2.07 bits per heavy atom.